The number of hydrogen-bond donors (Lipinski definition) is 1. The van der Waals surface area contributed by atoms with E-state index in [1.165, 1.54) is 4.68 Å². The zero-order valence-electron chi connectivity index (χ0n) is 6.56. The number of tetrazole rings is 1. The fraction of sp³-hybridized carbons (Fsp3) is 0.800. The van der Waals surface area contributed by atoms with Gasteiger partial charge in [-0.3, -0.25) is 0 Å². The molecule has 1 atom stereocenters. The van der Waals surface area contributed by atoms with Crippen LogP contribution in [0.1, 0.15) is 6.92 Å². The number of nitrogens with zero attached hydrogens (tertiary/aromatic N) is 4. The van der Waals surface area contributed by atoms with E-state index in [-0.39, 0.29) is 6.10 Å². The van der Waals surface area contributed by atoms with E-state index in [9.17, 15) is 0 Å². The maximum absolute atomic E-state index is 5.41. The summed E-state index contributed by atoms with van der Waals surface area (Å²) >= 11 is 0. The SMILES string of the molecule is COC(C)Cn1nnnc1N. The van der Waals surface area contributed by atoms with Gasteiger partial charge < -0.3 is 10.5 Å². The molecule has 0 aromatic carbocycles. The van der Waals surface area contributed by atoms with Gasteiger partial charge in [-0.1, -0.05) is 5.10 Å². The van der Waals surface area contributed by atoms with Crippen LogP contribution in [-0.2, 0) is 11.3 Å². The Kier molecular flexibility index (Phi) is 2.37. The van der Waals surface area contributed by atoms with E-state index in [0.717, 1.165) is 0 Å². The molecule has 1 aromatic heterocycles. The minimum Gasteiger partial charge on any atom is -0.380 e. The highest BCUT2D eigenvalue weighted by Gasteiger charge is 2.05. The summed E-state index contributed by atoms with van der Waals surface area (Å²) in [4.78, 5) is 0. The first-order valence-electron chi connectivity index (χ1n) is 3.28. The second kappa shape index (κ2) is 3.29. The van der Waals surface area contributed by atoms with Crippen molar-refractivity contribution in [3.63, 3.8) is 0 Å². The van der Waals surface area contributed by atoms with Crippen molar-refractivity contribution in [3.8, 4) is 0 Å². The van der Waals surface area contributed by atoms with Crippen LogP contribution in [0.2, 0.25) is 0 Å². The number of rotatable bonds is 3. The summed E-state index contributed by atoms with van der Waals surface area (Å²) in [7, 11) is 1.63. The van der Waals surface area contributed by atoms with Gasteiger partial charge in [0, 0.05) is 7.11 Å². The number of anilines is 1. The maximum Gasteiger partial charge on any atom is 0.240 e. The van der Waals surface area contributed by atoms with Crippen molar-refractivity contribution in [1.82, 2.24) is 20.2 Å². The fourth-order valence-electron chi connectivity index (χ4n) is 0.660. The van der Waals surface area contributed by atoms with Gasteiger partial charge in [-0.15, -0.1) is 0 Å². The van der Waals surface area contributed by atoms with Gasteiger partial charge in [0.15, 0.2) is 0 Å². The first kappa shape index (κ1) is 7.93. The van der Waals surface area contributed by atoms with Crippen LogP contribution in [0.25, 0.3) is 0 Å². The highest BCUT2D eigenvalue weighted by atomic mass is 16.5. The lowest BCUT2D eigenvalue weighted by Gasteiger charge is -2.07. The Balaban J connectivity index is 2.56. The van der Waals surface area contributed by atoms with Crippen molar-refractivity contribution < 1.29 is 4.74 Å². The molecule has 62 valence electrons. The van der Waals surface area contributed by atoms with Crippen molar-refractivity contribution in [2.24, 2.45) is 0 Å². The molecular formula is C5H11N5O. The number of aromatic nitrogens is 4. The fourth-order valence-corrected chi connectivity index (χ4v) is 0.660. The van der Waals surface area contributed by atoms with Crippen LogP contribution in [0, 0.1) is 0 Å². The maximum atomic E-state index is 5.41. The Morgan fingerprint density at radius 1 is 1.73 bits per heavy atom. The molecule has 0 radical (unpaired) electrons. The van der Waals surface area contributed by atoms with Crippen molar-refractivity contribution in [2.45, 2.75) is 19.6 Å². The minimum atomic E-state index is 0.0702. The van der Waals surface area contributed by atoms with Crippen molar-refractivity contribution in [2.75, 3.05) is 12.8 Å². The summed E-state index contributed by atoms with van der Waals surface area (Å²) in [6.45, 7) is 2.50. The molecule has 1 heterocycles. The second-order valence-electron chi connectivity index (χ2n) is 2.27. The van der Waals surface area contributed by atoms with E-state index in [1.807, 2.05) is 6.92 Å². The van der Waals surface area contributed by atoms with Crippen LogP contribution < -0.4 is 5.73 Å². The molecule has 1 aromatic rings. The van der Waals surface area contributed by atoms with Gasteiger partial charge in [0.25, 0.3) is 0 Å². The third-order valence-corrected chi connectivity index (χ3v) is 1.39. The summed E-state index contributed by atoms with van der Waals surface area (Å²) < 4.78 is 6.50. The summed E-state index contributed by atoms with van der Waals surface area (Å²) in [6.07, 6.45) is 0.0702. The van der Waals surface area contributed by atoms with E-state index < -0.39 is 0 Å². The van der Waals surface area contributed by atoms with Crippen LogP contribution in [-0.4, -0.2) is 33.4 Å². The Labute approximate surface area is 64.3 Å². The Morgan fingerprint density at radius 2 is 2.45 bits per heavy atom. The third kappa shape index (κ3) is 1.87. The molecule has 11 heavy (non-hydrogen) atoms. The van der Waals surface area contributed by atoms with Gasteiger partial charge in [-0.2, -0.15) is 0 Å². The van der Waals surface area contributed by atoms with E-state index in [1.54, 1.807) is 7.11 Å². The first-order chi connectivity index (χ1) is 5.24. The molecule has 0 aliphatic heterocycles. The molecule has 0 amide bonds. The molecule has 1 unspecified atom stereocenters. The first-order valence-corrected chi connectivity index (χ1v) is 3.28. The zero-order chi connectivity index (χ0) is 8.27. The van der Waals surface area contributed by atoms with Crippen molar-refractivity contribution in [1.29, 1.82) is 0 Å². The molecular weight excluding hydrogens is 146 g/mol. The van der Waals surface area contributed by atoms with Gasteiger partial charge in [-0.25, -0.2) is 4.68 Å². The Bertz CT molecular complexity index is 222. The van der Waals surface area contributed by atoms with E-state index in [4.69, 9.17) is 10.5 Å². The topological polar surface area (TPSA) is 78.8 Å². The molecule has 0 bridgehead atoms. The van der Waals surface area contributed by atoms with Crippen LogP contribution in [0.5, 0.6) is 0 Å². The average Bonchev–Trinajstić information content (AvgIpc) is 2.37. The predicted molar refractivity (Wildman–Crippen MR) is 38.7 cm³/mol. The summed E-state index contributed by atoms with van der Waals surface area (Å²) in [5, 5.41) is 10.6. The minimum absolute atomic E-state index is 0.0702. The smallest absolute Gasteiger partial charge is 0.240 e. The van der Waals surface area contributed by atoms with Gasteiger partial charge in [0.2, 0.25) is 5.95 Å². The molecule has 6 heteroatoms. The molecule has 0 saturated carbocycles. The zero-order valence-corrected chi connectivity index (χ0v) is 6.56. The lowest BCUT2D eigenvalue weighted by Crippen LogP contribution is -2.17. The average molecular weight is 157 g/mol. The lowest BCUT2D eigenvalue weighted by atomic mass is 10.4. The van der Waals surface area contributed by atoms with Gasteiger partial charge >= 0.3 is 0 Å². The molecule has 2 N–H and O–H groups in total. The van der Waals surface area contributed by atoms with Gasteiger partial charge in [-0.05, 0) is 17.4 Å². The predicted octanol–water partition coefficient (Wildman–Crippen LogP) is -0.710. The third-order valence-electron chi connectivity index (χ3n) is 1.39. The van der Waals surface area contributed by atoms with E-state index >= 15 is 0 Å². The van der Waals surface area contributed by atoms with E-state index in [2.05, 4.69) is 15.5 Å². The van der Waals surface area contributed by atoms with Gasteiger partial charge in [0.05, 0.1) is 12.6 Å². The standard InChI is InChI=1S/C5H11N5O/c1-4(11-2)3-10-5(6)7-8-9-10/h4H,3H2,1-2H3,(H2,6,7,9). The highest BCUT2D eigenvalue weighted by Crippen LogP contribution is 1.96. The number of ether oxygens (including phenoxy) is 1. The molecule has 6 nitrogen and oxygen atoms in total. The van der Waals surface area contributed by atoms with E-state index in [0.29, 0.717) is 12.5 Å². The number of methoxy groups -OCH3 is 1. The van der Waals surface area contributed by atoms with Crippen molar-refractivity contribution >= 4 is 5.95 Å². The van der Waals surface area contributed by atoms with Gasteiger partial charge in [0.1, 0.15) is 0 Å². The molecule has 1 rings (SSSR count). The van der Waals surface area contributed by atoms with Crippen LogP contribution >= 0.6 is 0 Å². The normalized spacial score (nSPS) is 13.3. The quantitative estimate of drug-likeness (QED) is 0.627. The number of nitrogens with two attached hydrogens (primary N) is 1. The van der Waals surface area contributed by atoms with Crippen LogP contribution in [0.4, 0.5) is 5.95 Å². The summed E-state index contributed by atoms with van der Waals surface area (Å²) in [5.74, 6) is 0.314. The monoisotopic (exact) mass is 157 g/mol. The molecule has 0 aliphatic carbocycles. The molecule has 0 spiro atoms. The lowest BCUT2D eigenvalue weighted by molar-refractivity contribution is 0.0998. The molecule has 0 aliphatic rings. The molecule has 0 saturated heterocycles. The Hall–Kier alpha value is -1.17. The largest absolute Gasteiger partial charge is 0.380 e. The second-order valence-corrected chi connectivity index (χ2v) is 2.27. The molecule has 0 fully saturated rings. The van der Waals surface area contributed by atoms with Crippen molar-refractivity contribution in [3.05, 3.63) is 0 Å². The number of nitrogen functional groups attached to an aromatic ring is 1. The Morgan fingerprint density at radius 3 is 2.91 bits per heavy atom. The van der Waals surface area contributed by atoms with Crippen LogP contribution in [0.3, 0.4) is 0 Å². The van der Waals surface area contributed by atoms with Crippen LogP contribution in [0.15, 0.2) is 0 Å². The number of hydrogen-bond acceptors (Lipinski definition) is 5. The summed E-state index contributed by atoms with van der Waals surface area (Å²) in [6, 6.07) is 0. The highest BCUT2D eigenvalue weighted by molar-refractivity contribution is 5.09. The summed E-state index contributed by atoms with van der Waals surface area (Å²) in [5.41, 5.74) is 5.41.